The van der Waals surface area contributed by atoms with Crippen LogP contribution in [0.3, 0.4) is 0 Å². The topological polar surface area (TPSA) is 38.9 Å². The molecule has 0 spiro atoms. The van der Waals surface area contributed by atoms with Gasteiger partial charge >= 0.3 is 0 Å². The van der Waals surface area contributed by atoms with E-state index in [4.69, 9.17) is 5.73 Å². The van der Waals surface area contributed by atoms with E-state index in [1.807, 2.05) is 30.6 Å². The highest BCUT2D eigenvalue weighted by atomic mass is 32.2. The molecule has 1 unspecified atom stereocenters. The van der Waals surface area contributed by atoms with Crippen molar-refractivity contribution in [3.63, 3.8) is 0 Å². The van der Waals surface area contributed by atoms with E-state index < -0.39 is 0 Å². The molecule has 100 valence electrons. The number of benzene rings is 2. The normalized spacial score (nSPS) is 12.5. The Morgan fingerprint density at radius 2 is 1.80 bits per heavy atom. The molecule has 3 heteroatoms. The molecule has 2 nitrogen and oxygen atoms in total. The van der Waals surface area contributed by atoms with Crippen LogP contribution in [0.15, 0.2) is 65.8 Å². The Morgan fingerprint density at radius 1 is 1.00 bits per heavy atom. The van der Waals surface area contributed by atoms with E-state index >= 15 is 0 Å². The van der Waals surface area contributed by atoms with Crippen molar-refractivity contribution in [2.24, 2.45) is 5.73 Å². The van der Waals surface area contributed by atoms with Crippen molar-refractivity contribution >= 4 is 22.5 Å². The van der Waals surface area contributed by atoms with Crippen molar-refractivity contribution in [1.29, 1.82) is 0 Å². The Morgan fingerprint density at radius 3 is 2.65 bits per heavy atom. The zero-order valence-electron chi connectivity index (χ0n) is 11.3. The van der Waals surface area contributed by atoms with Crippen LogP contribution in [0.4, 0.5) is 0 Å². The molecule has 0 radical (unpaired) electrons. The number of thioether (sulfide) groups is 1. The van der Waals surface area contributed by atoms with Gasteiger partial charge < -0.3 is 5.73 Å². The molecule has 0 saturated carbocycles. The first kappa shape index (κ1) is 13.2. The van der Waals surface area contributed by atoms with Crippen LogP contribution in [0.1, 0.15) is 17.2 Å². The van der Waals surface area contributed by atoms with Gasteiger partial charge in [-0.2, -0.15) is 0 Å². The summed E-state index contributed by atoms with van der Waals surface area (Å²) in [6.45, 7) is 0. The smallest absolute Gasteiger partial charge is 0.0568 e. The van der Waals surface area contributed by atoms with Gasteiger partial charge in [0.05, 0.1) is 6.04 Å². The zero-order chi connectivity index (χ0) is 13.9. The molecule has 0 fully saturated rings. The first-order valence-electron chi connectivity index (χ1n) is 6.52. The molecule has 3 aromatic rings. The number of pyridine rings is 1. The van der Waals surface area contributed by atoms with Gasteiger partial charge in [-0.25, -0.2) is 0 Å². The lowest BCUT2D eigenvalue weighted by Gasteiger charge is -2.17. The maximum Gasteiger partial charge on any atom is 0.0568 e. The van der Waals surface area contributed by atoms with Gasteiger partial charge in [-0.1, -0.05) is 36.4 Å². The summed E-state index contributed by atoms with van der Waals surface area (Å²) in [5.41, 5.74) is 8.84. The van der Waals surface area contributed by atoms with Gasteiger partial charge in [0.25, 0.3) is 0 Å². The lowest BCUT2D eigenvalue weighted by molar-refractivity contribution is 0.856. The quantitative estimate of drug-likeness (QED) is 0.737. The van der Waals surface area contributed by atoms with Gasteiger partial charge in [0.15, 0.2) is 0 Å². The Hall–Kier alpha value is -1.84. The van der Waals surface area contributed by atoms with E-state index in [2.05, 4.69) is 41.6 Å². The second kappa shape index (κ2) is 5.65. The third-order valence-electron chi connectivity index (χ3n) is 3.52. The van der Waals surface area contributed by atoms with Gasteiger partial charge in [0.1, 0.15) is 0 Å². The highest BCUT2D eigenvalue weighted by molar-refractivity contribution is 7.98. The number of hydrogen-bond acceptors (Lipinski definition) is 3. The number of nitrogens with two attached hydrogens (primary N) is 1. The molecular formula is C17H16N2S. The molecule has 0 saturated heterocycles. The third kappa shape index (κ3) is 2.30. The van der Waals surface area contributed by atoms with Gasteiger partial charge in [0.2, 0.25) is 0 Å². The number of rotatable bonds is 3. The van der Waals surface area contributed by atoms with Crippen molar-refractivity contribution in [1.82, 2.24) is 4.98 Å². The van der Waals surface area contributed by atoms with Crippen LogP contribution < -0.4 is 5.73 Å². The predicted octanol–water partition coefficient (Wildman–Crippen LogP) is 4.00. The Balaban J connectivity index is 2.15. The molecule has 1 aromatic heterocycles. The summed E-state index contributed by atoms with van der Waals surface area (Å²) in [5.74, 6) is 0. The van der Waals surface area contributed by atoms with Crippen LogP contribution in [-0.2, 0) is 0 Å². The molecule has 2 N–H and O–H groups in total. The summed E-state index contributed by atoms with van der Waals surface area (Å²) in [6.07, 6.45) is 5.78. The third-order valence-corrected chi connectivity index (χ3v) is 4.34. The first-order valence-corrected chi connectivity index (χ1v) is 7.75. The predicted molar refractivity (Wildman–Crippen MR) is 86.0 cm³/mol. The molecule has 2 aromatic carbocycles. The molecule has 1 heterocycles. The van der Waals surface area contributed by atoms with Gasteiger partial charge in [0, 0.05) is 22.7 Å². The monoisotopic (exact) mass is 280 g/mol. The highest BCUT2D eigenvalue weighted by Gasteiger charge is 2.14. The summed E-state index contributed by atoms with van der Waals surface area (Å²) >= 11 is 1.73. The number of nitrogens with zero attached hydrogens (tertiary/aromatic N) is 1. The van der Waals surface area contributed by atoms with Gasteiger partial charge in [-0.15, -0.1) is 11.8 Å². The number of fused-ring (bicyclic) bond motifs is 1. The van der Waals surface area contributed by atoms with E-state index in [1.54, 1.807) is 11.8 Å². The van der Waals surface area contributed by atoms with Crippen molar-refractivity contribution in [2.45, 2.75) is 10.9 Å². The van der Waals surface area contributed by atoms with Crippen LogP contribution in [0.5, 0.6) is 0 Å². The van der Waals surface area contributed by atoms with Crippen molar-refractivity contribution < 1.29 is 0 Å². The fraction of sp³-hybridized carbons (Fsp3) is 0.118. The van der Waals surface area contributed by atoms with Crippen LogP contribution in [0.2, 0.25) is 0 Å². The molecule has 0 bridgehead atoms. The van der Waals surface area contributed by atoms with E-state index in [1.165, 1.54) is 15.8 Å². The van der Waals surface area contributed by atoms with E-state index in [9.17, 15) is 0 Å². The largest absolute Gasteiger partial charge is 0.320 e. The molecule has 0 aliphatic carbocycles. The second-order valence-corrected chi connectivity index (χ2v) is 5.51. The standard InChI is InChI=1S/C17H16N2S/c1-20-16-8-3-2-6-15(16)17(18)14-7-4-5-12-11-19-10-9-13(12)14/h2-11,17H,18H2,1H3. The molecule has 0 aliphatic heterocycles. The SMILES string of the molecule is CSc1ccccc1C(N)c1cccc2cnccc12. The Kier molecular flexibility index (Phi) is 3.72. The van der Waals surface area contributed by atoms with Crippen LogP contribution in [0, 0.1) is 0 Å². The van der Waals surface area contributed by atoms with Crippen molar-refractivity contribution in [3.05, 3.63) is 72.1 Å². The van der Waals surface area contributed by atoms with Crippen molar-refractivity contribution in [3.8, 4) is 0 Å². The molecule has 0 amide bonds. The van der Waals surface area contributed by atoms with Crippen molar-refractivity contribution in [2.75, 3.05) is 6.26 Å². The number of aromatic nitrogens is 1. The van der Waals surface area contributed by atoms with Crippen LogP contribution in [-0.4, -0.2) is 11.2 Å². The lowest BCUT2D eigenvalue weighted by Crippen LogP contribution is -2.13. The minimum atomic E-state index is -0.121. The average Bonchev–Trinajstić information content (AvgIpc) is 2.53. The summed E-state index contributed by atoms with van der Waals surface area (Å²) < 4.78 is 0. The van der Waals surface area contributed by atoms with E-state index in [0.717, 1.165) is 10.9 Å². The van der Waals surface area contributed by atoms with Crippen LogP contribution >= 0.6 is 11.8 Å². The van der Waals surface area contributed by atoms with Crippen LogP contribution in [0.25, 0.3) is 10.8 Å². The highest BCUT2D eigenvalue weighted by Crippen LogP contribution is 2.31. The van der Waals surface area contributed by atoms with Gasteiger partial charge in [-0.05, 0) is 34.9 Å². The molecule has 3 rings (SSSR count). The fourth-order valence-corrected chi connectivity index (χ4v) is 3.16. The lowest BCUT2D eigenvalue weighted by atomic mass is 9.95. The average molecular weight is 280 g/mol. The first-order chi connectivity index (χ1) is 9.81. The zero-order valence-corrected chi connectivity index (χ0v) is 12.1. The Labute approximate surface area is 123 Å². The van der Waals surface area contributed by atoms with E-state index in [0.29, 0.717) is 0 Å². The minimum Gasteiger partial charge on any atom is -0.320 e. The molecular weight excluding hydrogens is 264 g/mol. The summed E-state index contributed by atoms with van der Waals surface area (Å²) in [4.78, 5) is 5.40. The second-order valence-electron chi connectivity index (χ2n) is 4.66. The summed E-state index contributed by atoms with van der Waals surface area (Å²) in [6, 6.07) is 16.4. The molecule has 1 atom stereocenters. The minimum absolute atomic E-state index is 0.121. The number of hydrogen-bond donors (Lipinski definition) is 1. The summed E-state index contributed by atoms with van der Waals surface area (Å²) in [5, 5.41) is 2.30. The van der Waals surface area contributed by atoms with E-state index in [-0.39, 0.29) is 6.04 Å². The summed E-state index contributed by atoms with van der Waals surface area (Å²) in [7, 11) is 0. The maximum atomic E-state index is 6.53. The Bertz CT molecular complexity index is 734. The maximum absolute atomic E-state index is 6.53. The van der Waals surface area contributed by atoms with Gasteiger partial charge in [-0.3, -0.25) is 4.98 Å². The fourth-order valence-electron chi connectivity index (χ4n) is 2.51. The molecule has 0 aliphatic rings. The molecule has 20 heavy (non-hydrogen) atoms.